The molecule has 0 spiro atoms. The van der Waals surface area contributed by atoms with Crippen molar-refractivity contribution in [3.63, 3.8) is 0 Å². The molecule has 274 valence electrons. The standard InChI is InChI=1S/C37H47N5O6S3/c1-35(2,3)29-21-49-33(40-29)38-26-14-9-7-5-6-8-12-23-19-37(23,30(43)22-51(46,47)36(4)16-17-36)41-31(44)27-18-24(20-42(27)32(26)45)48-34-39-25-13-10-11-15-28(25)50-34/h8,10-13,15,21,23-24,26-27H,5-7,9,14,16-20,22H2,1-4H3,(H,38,40)(H,41,44)/b12-8-/t23-,24-,26+,27+,37-/m1/s1. The molecule has 2 aromatic heterocycles. The molecule has 14 heteroatoms. The Morgan fingerprint density at radius 3 is 2.65 bits per heavy atom. The molecule has 0 unspecified atom stereocenters. The van der Waals surface area contributed by atoms with E-state index in [1.54, 1.807) is 11.8 Å². The first kappa shape index (κ1) is 36.0. The second kappa shape index (κ2) is 13.6. The summed E-state index contributed by atoms with van der Waals surface area (Å²) in [6.07, 6.45) is 9.03. The highest BCUT2D eigenvalue weighted by molar-refractivity contribution is 7.93. The number of amides is 2. The van der Waals surface area contributed by atoms with Crippen molar-refractivity contribution in [3.05, 3.63) is 47.5 Å². The average Bonchev–Trinajstić information content (AvgIpc) is 3.73. The minimum absolute atomic E-state index is 0.150. The van der Waals surface area contributed by atoms with Crippen molar-refractivity contribution < 1.29 is 27.5 Å². The molecule has 0 radical (unpaired) electrons. The van der Waals surface area contributed by atoms with Crippen molar-refractivity contribution in [1.82, 2.24) is 20.2 Å². The van der Waals surface area contributed by atoms with Crippen LogP contribution in [0.3, 0.4) is 0 Å². The molecule has 7 rings (SSSR count). The second-order valence-corrected chi connectivity index (χ2v) is 20.2. The number of benzene rings is 1. The van der Waals surface area contributed by atoms with E-state index in [1.165, 1.54) is 22.7 Å². The maximum Gasteiger partial charge on any atom is 0.274 e. The number of anilines is 1. The van der Waals surface area contributed by atoms with Crippen LogP contribution in [0.25, 0.3) is 10.2 Å². The van der Waals surface area contributed by atoms with E-state index in [0.717, 1.165) is 41.6 Å². The molecule has 2 saturated carbocycles. The van der Waals surface area contributed by atoms with E-state index in [1.807, 2.05) is 41.8 Å². The van der Waals surface area contributed by atoms with Gasteiger partial charge in [-0.15, -0.1) is 11.3 Å². The van der Waals surface area contributed by atoms with E-state index in [4.69, 9.17) is 9.72 Å². The van der Waals surface area contributed by atoms with Gasteiger partial charge in [0.05, 0.1) is 27.2 Å². The van der Waals surface area contributed by atoms with Crippen LogP contribution in [0.5, 0.6) is 5.19 Å². The number of allylic oxidation sites excluding steroid dienone is 1. The Bertz CT molecular complexity index is 1930. The Balaban J connectivity index is 1.18. The molecule has 5 atom stereocenters. The van der Waals surface area contributed by atoms with Gasteiger partial charge in [-0.2, -0.15) is 0 Å². The molecule has 1 saturated heterocycles. The van der Waals surface area contributed by atoms with Crippen LogP contribution in [0.1, 0.15) is 91.2 Å². The van der Waals surface area contributed by atoms with Gasteiger partial charge >= 0.3 is 0 Å². The summed E-state index contributed by atoms with van der Waals surface area (Å²) in [6, 6.07) is 6.17. The number of rotatable bonds is 8. The summed E-state index contributed by atoms with van der Waals surface area (Å²) in [6.45, 7) is 8.13. The first-order valence-corrected chi connectivity index (χ1v) is 21.3. The minimum atomic E-state index is -3.68. The predicted molar refractivity (Wildman–Crippen MR) is 200 cm³/mol. The Labute approximate surface area is 307 Å². The highest BCUT2D eigenvalue weighted by Gasteiger charge is 2.62. The van der Waals surface area contributed by atoms with Crippen LogP contribution in [0.2, 0.25) is 0 Å². The van der Waals surface area contributed by atoms with Crippen molar-refractivity contribution in [2.24, 2.45) is 5.92 Å². The average molecular weight is 754 g/mol. The van der Waals surface area contributed by atoms with Gasteiger partial charge in [0.2, 0.25) is 11.8 Å². The van der Waals surface area contributed by atoms with Gasteiger partial charge < -0.3 is 20.3 Å². The third-order valence-electron chi connectivity index (χ3n) is 10.9. The first-order valence-electron chi connectivity index (χ1n) is 18.0. The number of para-hydroxylation sites is 1. The van der Waals surface area contributed by atoms with E-state index in [2.05, 4.69) is 36.4 Å². The summed E-state index contributed by atoms with van der Waals surface area (Å²) < 4.78 is 32.9. The lowest BCUT2D eigenvalue weighted by molar-refractivity contribution is -0.140. The number of hydrogen-bond acceptors (Lipinski definition) is 11. The number of carbonyl (C=O) groups is 3. The molecule has 4 aliphatic rings. The normalized spacial score (nSPS) is 28.9. The van der Waals surface area contributed by atoms with Crippen molar-refractivity contribution in [1.29, 1.82) is 0 Å². The molecule has 2 amide bonds. The zero-order chi connectivity index (χ0) is 36.2. The lowest BCUT2D eigenvalue weighted by Gasteiger charge is -2.30. The molecule has 11 nitrogen and oxygen atoms in total. The predicted octanol–water partition coefficient (Wildman–Crippen LogP) is 5.81. The lowest BCUT2D eigenvalue weighted by Crippen LogP contribution is -2.56. The van der Waals surface area contributed by atoms with Crippen LogP contribution in [-0.2, 0) is 29.6 Å². The Morgan fingerprint density at radius 1 is 1.14 bits per heavy atom. The maximum absolute atomic E-state index is 14.6. The van der Waals surface area contributed by atoms with Gasteiger partial charge in [-0.05, 0) is 57.6 Å². The van der Waals surface area contributed by atoms with Gasteiger partial charge in [-0.3, -0.25) is 14.4 Å². The van der Waals surface area contributed by atoms with E-state index < -0.39 is 55.8 Å². The number of nitrogens with one attached hydrogen (secondary N) is 2. The first-order chi connectivity index (χ1) is 24.2. The topological polar surface area (TPSA) is 148 Å². The summed E-state index contributed by atoms with van der Waals surface area (Å²) in [5, 5.41) is 9.54. The molecular formula is C37H47N5O6S3. The molecule has 51 heavy (non-hydrogen) atoms. The zero-order valence-electron chi connectivity index (χ0n) is 29.6. The van der Waals surface area contributed by atoms with Crippen molar-refractivity contribution in [2.45, 2.75) is 119 Å². The van der Waals surface area contributed by atoms with Crippen molar-refractivity contribution in [3.8, 4) is 5.19 Å². The Morgan fingerprint density at radius 2 is 1.92 bits per heavy atom. The number of hydrogen-bond donors (Lipinski definition) is 2. The van der Waals surface area contributed by atoms with Crippen LogP contribution in [0, 0.1) is 5.92 Å². The number of fused-ring (bicyclic) bond motifs is 3. The number of thiazole rings is 2. The molecular weight excluding hydrogens is 707 g/mol. The monoisotopic (exact) mass is 753 g/mol. The minimum Gasteiger partial charge on any atom is -0.465 e. The van der Waals surface area contributed by atoms with Gasteiger partial charge in [0.15, 0.2) is 20.8 Å². The highest BCUT2D eigenvalue weighted by atomic mass is 32.2. The Hall–Kier alpha value is -3.36. The van der Waals surface area contributed by atoms with Crippen LogP contribution in [-0.4, -0.2) is 81.7 Å². The summed E-state index contributed by atoms with van der Waals surface area (Å²) >= 11 is 2.87. The zero-order valence-corrected chi connectivity index (χ0v) is 32.1. The number of Topliss-reactive ketones (excluding diaryl/α,β-unsaturated/α-hetero) is 1. The maximum atomic E-state index is 14.6. The molecule has 0 bridgehead atoms. The Kier molecular flexibility index (Phi) is 9.58. The smallest absolute Gasteiger partial charge is 0.274 e. The lowest BCUT2D eigenvalue weighted by atomic mass is 9.93. The fourth-order valence-electron chi connectivity index (χ4n) is 7.08. The SMILES string of the molecule is CC(C)(C)c1csc(N[C@H]2CCCCC/C=C\[C@@H]3C[C@@]3(C(=O)CS(=O)(=O)C3(C)CC3)NC(=O)[C@@H]3C[C@@H](Oc4nc5ccccc5s4)CN3C2=O)n1. The van der Waals surface area contributed by atoms with Crippen LogP contribution < -0.4 is 15.4 Å². The van der Waals surface area contributed by atoms with E-state index in [0.29, 0.717) is 36.0 Å². The van der Waals surface area contributed by atoms with E-state index in [9.17, 15) is 22.8 Å². The molecule has 3 fully saturated rings. The fraction of sp³-hybridized carbons (Fsp3) is 0.595. The molecule has 4 heterocycles. The molecule has 1 aromatic carbocycles. The van der Waals surface area contributed by atoms with Gasteiger partial charge in [0.25, 0.3) is 5.19 Å². The van der Waals surface area contributed by atoms with Crippen molar-refractivity contribution in [2.75, 3.05) is 17.6 Å². The quantitative estimate of drug-likeness (QED) is 0.272. The largest absolute Gasteiger partial charge is 0.465 e. The molecule has 2 aliphatic heterocycles. The molecule has 2 N–H and O–H groups in total. The number of aromatic nitrogens is 2. The number of nitrogens with zero attached hydrogens (tertiary/aromatic N) is 3. The molecule has 2 aliphatic carbocycles. The fourth-order valence-corrected chi connectivity index (χ4v) is 10.6. The van der Waals surface area contributed by atoms with Gasteiger partial charge in [0.1, 0.15) is 29.5 Å². The van der Waals surface area contributed by atoms with E-state index >= 15 is 0 Å². The number of ether oxygens (including phenoxy) is 1. The second-order valence-electron chi connectivity index (χ2n) is 15.9. The highest BCUT2D eigenvalue weighted by Crippen LogP contribution is 2.49. The third kappa shape index (κ3) is 7.46. The van der Waals surface area contributed by atoms with Crippen LogP contribution in [0.15, 0.2) is 41.8 Å². The summed E-state index contributed by atoms with van der Waals surface area (Å²) in [7, 11) is -3.68. The van der Waals surface area contributed by atoms with Crippen molar-refractivity contribution >= 4 is 65.5 Å². The van der Waals surface area contributed by atoms with Gasteiger partial charge in [-0.25, -0.2) is 18.4 Å². The summed E-state index contributed by atoms with van der Waals surface area (Å²) in [4.78, 5) is 53.9. The third-order valence-corrected chi connectivity index (χ3v) is 15.1. The number of carbonyl (C=O) groups excluding carboxylic acids is 3. The molecule has 3 aromatic rings. The summed E-state index contributed by atoms with van der Waals surface area (Å²) in [5.74, 6) is -2.11. The van der Waals surface area contributed by atoms with Crippen LogP contribution in [0.4, 0.5) is 5.13 Å². The summed E-state index contributed by atoms with van der Waals surface area (Å²) in [5.41, 5.74) is 0.267. The van der Waals surface area contributed by atoms with Crippen LogP contribution >= 0.6 is 22.7 Å². The van der Waals surface area contributed by atoms with Gasteiger partial charge in [0, 0.05) is 23.1 Å². The van der Waals surface area contributed by atoms with Gasteiger partial charge in [-0.1, -0.05) is 69.2 Å². The van der Waals surface area contributed by atoms with E-state index in [-0.39, 0.29) is 30.2 Å². The number of sulfone groups is 1. The number of ketones is 1.